The van der Waals surface area contributed by atoms with Crippen molar-refractivity contribution in [1.82, 2.24) is 5.32 Å². The van der Waals surface area contributed by atoms with Crippen LogP contribution in [0, 0.1) is 6.92 Å². The summed E-state index contributed by atoms with van der Waals surface area (Å²) in [5.41, 5.74) is 1.28. The molecule has 0 aromatic heterocycles. The van der Waals surface area contributed by atoms with Crippen molar-refractivity contribution in [3.63, 3.8) is 0 Å². The monoisotopic (exact) mass is 351 g/mol. The first-order chi connectivity index (χ1) is 12.0. The molecule has 2 aromatic carbocycles. The van der Waals surface area contributed by atoms with Gasteiger partial charge in [-0.2, -0.15) is 8.78 Å². The average Bonchev–Trinajstić information content (AvgIpc) is 2.59. The van der Waals surface area contributed by atoms with Gasteiger partial charge < -0.3 is 19.5 Å². The highest BCUT2D eigenvalue weighted by Crippen LogP contribution is 2.29. The molecule has 134 valence electrons. The number of amides is 1. The molecular weight excluding hydrogens is 332 g/mol. The van der Waals surface area contributed by atoms with E-state index in [4.69, 9.17) is 9.47 Å². The van der Waals surface area contributed by atoms with Crippen molar-refractivity contribution in [3.05, 3.63) is 53.6 Å². The molecule has 0 unspecified atom stereocenters. The molecular formula is C18H19F2NO4. The molecule has 0 saturated carbocycles. The van der Waals surface area contributed by atoms with Crippen LogP contribution in [0.15, 0.2) is 42.5 Å². The number of rotatable bonds is 8. The Kier molecular flexibility index (Phi) is 6.56. The number of methoxy groups -OCH3 is 1. The van der Waals surface area contributed by atoms with Gasteiger partial charge in [-0.1, -0.05) is 18.2 Å². The van der Waals surface area contributed by atoms with E-state index >= 15 is 0 Å². The highest BCUT2D eigenvalue weighted by atomic mass is 19.3. The largest absolute Gasteiger partial charge is 0.493 e. The lowest BCUT2D eigenvalue weighted by atomic mass is 10.2. The SMILES string of the molecule is COc1cc(C(=O)NCCOc2ccccc2C)ccc1OC(F)F. The van der Waals surface area contributed by atoms with E-state index in [0.717, 1.165) is 11.3 Å². The zero-order valence-corrected chi connectivity index (χ0v) is 13.9. The molecule has 0 bridgehead atoms. The molecule has 0 atom stereocenters. The van der Waals surface area contributed by atoms with E-state index in [2.05, 4.69) is 10.1 Å². The minimum absolute atomic E-state index is 0.0594. The summed E-state index contributed by atoms with van der Waals surface area (Å²) >= 11 is 0. The third-order valence-corrected chi connectivity index (χ3v) is 3.38. The summed E-state index contributed by atoms with van der Waals surface area (Å²) in [4.78, 5) is 12.1. The minimum Gasteiger partial charge on any atom is -0.493 e. The number of carbonyl (C=O) groups excluding carboxylic acids is 1. The van der Waals surface area contributed by atoms with Crippen molar-refractivity contribution in [2.75, 3.05) is 20.3 Å². The lowest BCUT2D eigenvalue weighted by Gasteiger charge is -2.12. The number of nitrogens with one attached hydrogen (secondary N) is 1. The third-order valence-electron chi connectivity index (χ3n) is 3.38. The van der Waals surface area contributed by atoms with E-state index in [0.29, 0.717) is 13.2 Å². The first-order valence-corrected chi connectivity index (χ1v) is 7.60. The number of hydrogen-bond acceptors (Lipinski definition) is 4. The Morgan fingerprint density at radius 1 is 1.12 bits per heavy atom. The summed E-state index contributed by atoms with van der Waals surface area (Å²) in [5, 5.41) is 2.69. The van der Waals surface area contributed by atoms with E-state index < -0.39 is 6.61 Å². The number of alkyl halides is 2. The fourth-order valence-corrected chi connectivity index (χ4v) is 2.15. The van der Waals surface area contributed by atoms with E-state index in [-0.39, 0.29) is 23.0 Å². The van der Waals surface area contributed by atoms with Gasteiger partial charge in [0.15, 0.2) is 11.5 Å². The maximum absolute atomic E-state index is 12.3. The molecule has 2 aromatic rings. The Bertz CT molecular complexity index is 722. The molecule has 0 fully saturated rings. The number of aryl methyl sites for hydroxylation is 1. The fraction of sp³-hybridized carbons (Fsp3) is 0.278. The second-order valence-electron chi connectivity index (χ2n) is 5.11. The molecule has 0 aliphatic rings. The molecule has 5 nitrogen and oxygen atoms in total. The third kappa shape index (κ3) is 5.34. The maximum atomic E-state index is 12.3. The van der Waals surface area contributed by atoms with Crippen molar-refractivity contribution in [3.8, 4) is 17.2 Å². The van der Waals surface area contributed by atoms with Gasteiger partial charge in [-0.15, -0.1) is 0 Å². The molecule has 2 rings (SSSR count). The Hall–Kier alpha value is -2.83. The van der Waals surface area contributed by atoms with Crippen LogP contribution in [-0.4, -0.2) is 32.8 Å². The van der Waals surface area contributed by atoms with E-state index in [1.165, 1.54) is 25.3 Å². The van der Waals surface area contributed by atoms with Crippen LogP contribution in [0.2, 0.25) is 0 Å². The van der Waals surface area contributed by atoms with E-state index in [1.54, 1.807) is 0 Å². The molecule has 0 spiro atoms. The normalized spacial score (nSPS) is 10.4. The quantitative estimate of drug-likeness (QED) is 0.741. The standard InChI is InChI=1S/C18H19F2NO4/c1-12-5-3-4-6-14(12)24-10-9-21-17(22)13-7-8-15(25-18(19)20)16(11-13)23-2/h3-8,11,18H,9-10H2,1-2H3,(H,21,22). The van der Waals surface area contributed by atoms with Crippen LogP contribution in [0.5, 0.6) is 17.2 Å². The van der Waals surface area contributed by atoms with Crippen LogP contribution in [0.1, 0.15) is 15.9 Å². The van der Waals surface area contributed by atoms with Crippen LogP contribution in [0.4, 0.5) is 8.78 Å². The smallest absolute Gasteiger partial charge is 0.387 e. The topological polar surface area (TPSA) is 56.8 Å². The number of para-hydroxylation sites is 1. The van der Waals surface area contributed by atoms with Crippen LogP contribution in [0.3, 0.4) is 0 Å². The number of halogens is 2. The van der Waals surface area contributed by atoms with Gasteiger partial charge in [-0.3, -0.25) is 4.79 Å². The fourth-order valence-electron chi connectivity index (χ4n) is 2.15. The molecule has 25 heavy (non-hydrogen) atoms. The number of hydrogen-bond donors (Lipinski definition) is 1. The summed E-state index contributed by atoms with van der Waals surface area (Å²) < 4.78 is 39.5. The van der Waals surface area contributed by atoms with Gasteiger partial charge in [-0.25, -0.2) is 0 Å². The van der Waals surface area contributed by atoms with Crippen LogP contribution in [-0.2, 0) is 0 Å². The molecule has 0 heterocycles. The summed E-state index contributed by atoms with van der Waals surface area (Å²) in [7, 11) is 1.31. The average molecular weight is 351 g/mol. The first-order valence-electron chi connectivity index (χ1n) is 7.60. The van der Waals surface area contributed by atoms with Crippen molar-refractivity contribution < 1.29 is 27.8 Å². The second-order valence-corrected chi connectivity index (χ2v) is 5.11. The highest BCUT2D eigenvalue weighted by molar-refractivity contribution is 5.94. The van der Waals surface area contributed by atoms with Gasteiger partial charge in [-0.05, 0) is 36.8 Å². The van der Waals surface area contributed by atoms with Crippen molar-refractivity contribution in [2.45, 2.75) is 13.5 Å². The van der Waals surface area contributed by atoms with Crippen molar-refractivity contribution in [1.29, 1.82) is 0 Å². The van der Waals surface area contributed by atoms with Gasteiger partial charge in [0.2, 0.25) is 0 Å². The predicted molar refractivity (Wildman–Crippen MR) is 88.6 cm³/mol. The first kappa shape index (κ1) is 18.5. The van der Waals surface area contributed by atoms with Gasteiger partial charge in [0.25, 0.3) is 5.91 Å². The van der Waals surface area contributed by atoms with Gasteiger partial charge in [0.05, 0.1) is 13.7 Å². The lowest BCUT2D eigenvalue weighted by molar-refractivity contribution is -0.0512. The number of ether oxygens (including phenoxy) is 3. The summed E-state index contributed by atoms with van der Waals surface area (Å²) in [6, 6.07) is 11.6. The molecule has 0 saturated heterocycles. The molecule has 0 aliphatic carbocycles. The van der Waals surface area contributed by atoms with E-state index in [9.17, 15) is 13.6 Å². The van der Waals surface area contributed by atoms with Gasteiger partial charge >= 0.3 is 6.61 Å². The Labute approximate surface area is 144 Å². The van der Waals surface area contributed by atoms with Gasteiger partial charge in [0.1, 0.15) is 12.4 Å². The van der Waals surface area contributed by atoms with E-state index in [1.807, 2.05) is 31.2 Å². The van der Waals surface area contributed by atoms with Crippen LogP contribution in [0.25, 0.3) is 0 Å². The van der Waals surface area contributed by atoms with Crippen LogP contribution >= 0.6 is 0 Å². The zero-order valence-electron chi connectivity index (χ0n) is 13.9. The van der Waals surface area contributed by atoms with Crippen LogP contribution < -0.4 is 19.5 Å². The van der Waals surface area contributed by atoms with Gasteiger partial charge in [0, 0.05) is 5.56 Å². The summed E-state index contributed by atoms with van der Waals surface area (Å²) in [5.74, 6) is 0.322. The maximum Gasteiger partial charge on any atom is 0.387 e. The second kappa shape index (κ2) is 8.86. The van der Waals surface area contributed by atoms with Crippen molar-refractivity contribution in [2.24, 2.45) is 0 Å². The Morgan fingerprint density at radius 3 is 2.56 bits per heavy atom. The lowest BCUT2D eigenvalue weighted by Crippen LogP contribution is -2.28. The molecule has 1 amide bonds. The predicted octanol–water partition coefficient (Wildman–Crippen LogP) is 3.41. The highest BCUT2D eigenvalue weighted by Gasteiger charge is 2.14. The molecule has 0 aliphatic heterocycles. The molecule has 7 heteroatoms. The summed E-state index contributed by atoms with van der Waals surface area (Å²) in [6.07, 6.45) is 0. The Balaban J connectivity index is 1.89. The zero-order chi connectivity index (χ0) is 18.2. The minimum atomic E-state index is -2.97. The summed E-state index contributed by atoms with van der Waals surface area (Å²) in [6.45, 7) is -0.430. The van der Waals surface area contributed by atoms with Crippen molar-refractivity contribution >= 4 is 5.91 Å². The molecule has 0 radical (unpaired) electrons. The number of benzene rings is 2. The molecule has 1 N–H and O–H groups in total. The number of carbonyl (C=O) groups is 1. The Morgan fingerprint density at radius 2 is 1.88 bits per heavy atom.